The molecule has 4 heteroatoms. The van der Waals surface area contributed by atoms with Crippen LogP contribution in [-0.2, 0) is 4.79 Å². The number of piperidine rings is 1. The van der Waals surface area contributed by atoms with Crippen molar-refractivity contribution >= 4 is 17.7 Å². The van der Waals surface area contributed by atoms with Crippen molar-refractivity contribution in [2.24, 2.45) is 0 Å². The largest absolute Gasteiger partial charge is 0.339 e. The van der Waals surface area contributed by atoms with Crippen molar-refractivity contribution in [3.63, 3.8) is 0 Å². The van der Waals surface area contributed by atoms with E-state index in [0.717, 1.165) is 38.9 Å². The smallest absolute Gasteiger partial charge is 0.233 e. The lowest BCUT2D eigenvalue weighted by Crippen LogP contribution is -2.47. The number of hydrogen-bond donors (Lipinski definition) is 1. The van der Waals surface area contributed by atoms with Crippen molar-refractivity contribution in [3.8, 4) is 0 Å². The summed E-state index contributed by atoms with van der Waals surface area (Å²) in [5, 5.41) is 3.37. The summed E-state index contributed by atoms with van der Waals surface area (Å²) >= 11 is 1.64. The van der Waals surface area contributed by atoms with Crippen LogP contribution < -0.4 is 5.32 Å². The van der Waals surface area contributed by atoms with Crippen LogP contribution in [0.1, 0.15) is 26.2 Å². The van der Waals surface area contributed by atoms with Gasteiger partial charge < -0.3 is 10.2 Å². The summed E-state index contributed by atoms with van der Waals surface area (Å²) in [6.07, 6.45) is 3.20. The Morgan fingerprint density at radius 1 is 1.30 bits per heavy atom. The van der Waals surface area contributed by atoms with Crippen LogP contribution in [-0.4, -0.2) is 42.2 Å². The lowest BCUT2D eigenvalue weighted by Gasteiger charge is -2.34. The highest BCUT2D eigenvalue weighted by Crippen LogP contribution is 2.20. The summed E-state index contributed by atoms with van der Waals surface area (Å²) in [5.74, 6) is 0.834. The fraction of sp³-hybridized carbons (Fsp3) is 0.562. The van der Waals surface area contributed by atoms with Crippen molar-refractivity contribution in [2.75, 3.05) is 25.4 Å². The Labute approximate surface area is 126 Å². The van der Waals surface area contributed by atoms with E-state index < -0.39 is 0 Å². The van der Waals surface area contributed by atoms with Gasteiger partial charge in [0.15, 0.2) is 0 Å². The van der Waals surface area contributed by atoms with Gasteiger partial charge in [0.2, 0.25) is 5.91 Å². The molecular formula is C16H24N2OS. The number of thioether (sulfide) groups is 1. The second-order valence-electron chi connectivity index (χ2n) is 5.17. The topological polar surface area (TPSA) is 32.3 Å². The average Bonchev–Trinajstić information content (AvgIpc) is 2.52. The number of nitrogens with zero attached hydrogens (tertiary/aromatic N) is 1. The van der Waals surface area contributed by atoms with Gasteiger partial charge in [-0.2, -0.15) is 0 Å². The van der Waals surface area contributed by atoms with E-state index in [1.807, 2.05) is 18.2 Å². The molecular weight excluding hydrogens is 268 g/mol. The molecule has 1 heterocycles. The van der Waals surface area contributed by atoms with E-state index in [9.17, 15) is 4.79 Å². The predicted octanol–water partition coefficient (Wildman–Crippen LogP) is 2.77. The summed E-state index contributed by atoms with van der Waals surface area (Å²) in [4.78, 5) is 15.8. The summed E-state index contributed by atoms with van der Waals surface area (Å²) in [6.45, 7) is 5.10. The highest BCUT2D eigenvalue weighted by atomic mass is 32.2. The molecule has 0 spiro atoms. The molecule has 20 heavy (non-hydrogen) atoms. The molecule has 0 unspecified atom stereocenters. The van der Waals surface area contributed by atoms with Crippen LogP contribution in [0.5, 0.6) is 0 Å². The van der Waals surface area contributed by atoms with Crippen molar-refractivity contribution in [1.29, 1.82) is 0 Å². The van der Waals surface area contributed by atoms with E-state index in [0.29, 0.717) is 11.8 Å². The standard InChI is InChI=1S/C16H24N2OS/c1-2-12-18(14-8-10-17-11-9-14)16(19)13-20-15-6-4-3-5-7-15/h3-7,14,17H,2,8-13H2,1H3. The predicted molar refractivity (Wildman–Crippen MR) is 85.1 cm³/mol. The maximum atomic E-state index is 12.5. The molecule has 0 aliphatic carbocycles. The molecule has 0 saturated carbocycles. The summed E-state index contributed by atoms with van der Waals surface area (Å²) in [6, 6.07) is 10.6. The van der Waals surface area contributed by atoms with Crippen molar-refractivity contribution in [2.45, 2.75) is 37.1 Å². The van der Waals surface area contributed by atoms with E-state index in [1.54, 1.807) is 11.8 Å². The number of rotatable bonds is 6. The van der Waals surface area contributed by atoms with Crippen LogP contribution in [0.25, 0.3) is 0 Å². The fourth-order valence-electron chi connectivity index (χ4n) is 2.61. The first-order chi connectivity index (χ1) is 9.81. The van der Waals surface area contributed by atoms with E-state index in [1.165, 1.54) is 4.90 Å². The number of carbonyl (C=O) groups is 1. The van der Waals surface area contributed by atoms with Gasteiger partial charge >= 0.3 is 0 Å². The van der Waals surface area contributed by atoms with Crippen LogP contribution in [0.2, 0.25) is 0 Å². The number of amides is 1. The van der Waals surface area contributed by atoms with Crippen LogP contribution in [0, 0.1) is 0 Å². The average molecular weight is 292 g/mol. The lowest BCUT2D eigenvalue weighted by molar-refractivity contribution is -0.131. The minimum Gasteiger partial charge on any atom is -0.339 e. The molecule has 110 valence electrons. The number of nitrogens with one attached hydrogen (secondary N) is 1. The van der Waals surface area contributed by atoms with Gasteiger partial charge in [0.05, 0.1) is 5.75 Å². The Morgan fingerprint density at radius 2 is 2.00 bits per heavy atom. The Morgan fingerprint density at radius 3 is 2.65 bits per heavy atom. The summed E-state index contributed by atoms with van der Waals surface area (Å²) in [7, 11) is 0. The maximum Gasteiger partial charge on any atom is 0.233 e. The van der Waals surface area contributed by atoms with Gasteiger partial charge in [-0.15, -0.1) is 11.8 Å². The molecule has 1 aliphatic heterocycles. The molecule has 1 N–H and O–H groups in total. The maximum absolute atomic E-state index is 12.5. The van der Waals surface area contributed by atoms with Crippen molar-refractivity contribution in [3.05, 3.63) is 30.3 Å². The normalized spacial score (nSPS) is 16.1. The van der Waals surface area contributed by atoms with Gasteiger partial charge in [0.1, 0.15) is 0 Å². The van der Waals surface area contributed by atoms with Crippen LogP contribution in [0.3, 0.4) is 0 Å². The molecule has 1 aliphatic rings. The molecule has 2 rings (SSSR count). The second-order valence-corrected chi connectivity index (χ2v) is 6.22. The van der Waals surface area contributed by atoms with Crippen molar-refractivity contribution in [1.82, 2.24) is 10.2 Å². The van der Waals surface area contributed by atoms with Crippen LogP contribution in [0.4, 0.5) is 0 Å². The van der Waals surface area contributed by atoms with E-state index in [-0.39, 0.29) is 5.91 Å². The molecule has 0 aromatic heterocycles. The van der Waals surface area contributed by atoms with Crippen LogP contribution in [0.15, 0.2) is 35.2 Å². The first-order valence-corrected chi connectivity index (χ1v) is 8.48. The van der Waals surface area contributed by atoms with Crippen LogP contribution >= 0.6 is 11.8 Å². The molecule has 1 aromatic rings. The minimum atomic E-state index is 0.285. The summed E-state index contributed by atoms with van der Waals surface area (Å²) < 4.78 is 0. The highest BCUT2D eigenvalue weighted by Gasteiger charge is 2.24. The Kier molecular flexibility index (Phi) is 6.40. The number of benzene rings is 1. The van der Waals surface area contributed by atoms with Gasteiger partial charge in [0, 0.05) is 17.5 Å². The number of carbonyl (C=O) groups excluding carboxylic acids is 1. The molecule has 0 radical (unpaired) electrons. The number of hydrogen-bond acceptors (Lipinski definition) is 3. The monoisotopic (exact) mass is 292 g/mol. The molecule has 1 fully saturated rings. The first-order valence-electron chi connectivity index (χ1n) is 7.49. The quantitative estimate of drug-likeness (QED) is 0.818. The molecule has 1 saturated heterocycles. The van der Waals surface area contributed by atoms with Crippen molar-refractivity contribution < 1.29 is 4.79 Å². The lowest BCUT2D eigenvalue weighted by atomic mass is 10.0. The molecule has 0 atom stereocenters. The minimum absolute atomic E-state index is 0.285. The third kappa shape index (κ3) is 4.53. The SMILES string of the molecule is CCCN(C(=O)CSc1ccccc1)C1CCNCC1. The Bertz CT molecular complexity index is 404. The van der Waals surface area contributed by atoms with Gasteiger partial charge in [-0.05, 0) is 44.5 Å². The van der Waals surface area contributed by atoms with Gasteiger partial charge in [-0.1, -0.05) is 25.1 Å². The van der Waals surface area contributed by atoms with Gasteiger partial charge in [-0.3, -0.25) is 4.79 Å². The zero-order valence-electron chi connectivity index (χ0n) is 12.2. The van der Waals surface area contributed by atoms with E-state index in [2.05, 4.69) is 29.3 Å². The first kappa shape index (κ1) is 15.4. The molecule has 3 nitrogen and oxygen atoms in total. The zero-order chi connectivity index (χ0) is 14.2. The third-order valence-electron chi connectivity index (χ3n) is 3.64. The third-order valence-corrected chi connectivity index (χ3v) is 4.64. The Hall–Kier alpha value is -1.00. The van der Waals surface area contributed by atoms with Gasteiger partial charge in [0.25, 0.3) is 0 Å². The molecule has 1 aromatic carbocycles. The van der Waals surface area contributed by atoms with E-state index in [4.69, 9.17) is 0 Å². The molecule has 1 amide bonds. The fourth-order valence-corrected chi connectivity index (χ4v) is 3.42. The summed E-state index contributed by atoms with van der Waals surface area (Å²) in [5.41, 5.74) is 0. The van der Waals surface area contributed by atoms with Gasteiger partial charge in [-0.25, -0.2) is 0 Å². The second kappa shape index (κ2) is 8.32. The van der Waals surface area contributed by atoms with E-state index >= 15 is 0 Å². The molecule has 0 bridgehead atoms. The zero-order valence-corrected chi connectivity index (χ0v) is 13.0. The Balaban J connectivity index is 1.89. The highest BCUT2D eigenvalue weighted by molar-refractivity contribution is 8.00.